The highest BCUT2D eigenvalue weighted by atomic mass is 19.1. The second-order valence-corrected chi connectivity index (χ2v) is 4.94. The molecule has 0 unspecified atom stereocenters. The second-order valence-electron chi connectivity index (χ2n) is 4.94. The molecule has 4 nitrogen and oxygen atoms in total. The summed E-state index contributed by atoms with van der Waals surface area (Å²) >= 11 is 0. The zero-order valence-electron chi connectivity index (χ0n) is 11.0. The van der Waals surface area contributed by atoms with Crippen LogP contribution in [0, 0.1) is 5.82 Å². The van der Waals surface area contributed by atoms with Gasteiger partial charge < -0.3 is 15.8 Å². The largest absolute Gasteiger partial charge is 0.465 e. The van der Waals surface area contributed by atoms with Crippen molar-refractivity contribution in [3.05, 3.63) is 29.6 Å². The van der Waals surface area contributed by atoms with Crippen LogP contribution in [0.15, 0.2) is 18.2 Å². The molecule has 104 valence electrons. The lowest BCUT2D eigenvalue weighted by Gasteiger charge is -2.28. The first-order valence-corrected chi connectivity index (χ1v) is 6.50. The van der Waals surface area contributed by atoms with Crippen molar-refractivity contribution < 1.29 is 13.9 Å². The number of anilines is 1. The van der Waals surface area contributed by atoms with Gasteiger partial charge in [0.2, 0.25) is 0 Å². The molecular formula is C14H19FN2O2. The Morgan fingerprint density at radius 3 is 2.68 bits per heavy atom. The van der Waals surface area contributed by atoms with E-state index in [1.165, 1.54) is 25.3 Å². The monoisotopic (exact) mass is 266 g/mol. The number of esters is 1. The molecule has 0 bridgehead atoms. The maximum Gasteiger partial charge on any atom is 0.339 e. The van der Waals surface area contributed by atoms with Crippen LogP contribution in [-0.4, -0.2) is 25.2 Å². The van der Waals surface area contributed by atoms with E-state index in [0.717, 1.165) is 25.7 Å². The van der Waals surface area contributed by atoms with Gasteiger partial charge in [0.05, 0.1) is 18.4 Å². The van der Waals surface area contributed by atoms with Gasteiger partial charge in [0.1, 0.15) is 5.82 Å². The first-order chi connectivity index (χ1) is 9.10. The zero-order chi connectivity index (χ0) is 13.8. The van der Waals surface area contributed by atoms with Crippen LogP contribution in [0.3, 0.4) is 0 Å². The number of nitrogens with one attached hydrogen (secondary N) is 1. The molecule has 1 aliphatic carbocycles. The van der Waals surface area contributed by atoms with Crippen LogP contribution in [-0.2, 0) is 4.74 Å². The average molecular weight is 266 g/mol. The van der Waals surface area contributed by atoms with Crippen molar-refractivity contribution in [1.29, 1.82) is 0 Å². The number of methoxy groups -OCH3 is 1. The third-order valence-electron chi connectivity index (χ3n) is 3.52. The van der Waals surface area contributed by atoms with Crippen molar-refractivity contribution in [3.63, 3.8) is 0 Å². The number of benzene rings is 1. The summed E-state index contributed by atoms with van der Waals surface area (Å²) in [6, 6.07) is 4.52. The first kappa shape index (κ1) is 13.8. The van der Waals surface area contributed by atoms with E-state index in [1.807, 2.05) is 0 Å². The van der Waals surface area contributed by atoms with Gasteiger partial charge in [0.15, 0.2) is 0 Å². The fourth-order valence-electron chi connectivity index (χ4n) is 2.41. The van der Waals surface area contributed by atoms with Gasteiger partial charge in [-0.1, -0.05) is 0 Å². The number of halogens is 1. The maximum absolute atomic E-state index is 13.3. The van der Waals surface area contributed by atoms with Crippen molar-refractivity contribution in [2.24, 2.45) is 5.73 Å². The van der Waals surface area contributed by atoms with Crippen molar-refractivity contribution in [2.75, 3.05) is 12.4 Å². The Hall–Kier alpha value is -1.62. The molecule has 0 saturated heterocycles. The fraction of sp³-hybridized carbons (Fsp3) is 0.500. The molecule has 1 aliphatic rings. The number of hydrogen-bond donors (Lipinski definition) is 2. The molecule has 2 rings (SSSR count). The molecule has 0 radical (unpaired) electrons. The van der Waals surface area contributed by atoms with Gasteiger partial charge in [0.25, 0.3) is 0 Å². The maximum atomic E-state index is 13.3. The van der Waals surface area contributed by atoms with Crippen LogP contribution in [0.4, 0.5) is 10.1 Å². The van der Waals surface area contributed by atoms with Gasteiger partial charge in [-0.3, -0.25) is 0 Å². The van der Waals surface area contributed by atoms with Crippen molar-refractivity contribution in [2.45, 2.75) is 37.8 Å². The smallest absolute Gasteiger partial charge is 0.339 e. The third kappa shape index (κ3) is 3.44. The fourth-order valence-corrected chi connectivity index (χ4v) is 2.41. The molecule has 1 saturated carbocycles. The minimum absolute atomic E-state index is 0.227. The van der Waals surface area contributed by atoms with E-state index in [1.54, 1.807) is 0 Å². The Morgan fingerprint density at radius 2 is 2.05 bits per heavy atom. The van der Waals surface area contributed by atoms with Gasteiger partial charge in [0, 0.05) is 12.1 Å². The number of ether oxygens (including phenoxy) is 1. The molecule has 0 atom stereocenters. The summed E-state index contributed by atoms with van der Waals surface area (Å²) < 4.78 is 18.0. The Kier molecular flexibility index (Phi) is 4.37. The summed E-state index contributed by atoms with van der Waals surface area (Å²) in [6.45, 7) is 0. The van der Waals surface area contributed by atoms with E-state index in [4.69, 9.17) is 10.5 Å². The molecule has 1 aromatic carbocycles. The van der Waals surface area contributed by atoms with Gasteiger partial charge in [-0.05, 0) is 43.9 Å². The molecule has 0 aliphatic heterocycles. The van der Waals surface area contributed by atoms with Crippen LogP contribution in [0.5, 0.6) is 0 Å². The molecular weight excluding hydrogens is 247 g/mol. The molecule has 0 aromatic heterocycles. The molecule has 1 aromatic rings. The highest BCUT2D eigenvalue weighted by molar-refractivity contribution is 5.95. The summed E-state index contributed by atoms with van der Waals surface area (Å²) in [6.07, 6.45) is 3.75. The molecule has 3 N–H and O–H groups in total. The Balaban J connectivity index is 2.14. The molecule has 0 amide bonds. The third-order valence-corrected chi connectivity index (χ3v) is 3.52. The van der Waals surface area contributed by atoms with Gasteiger partial charge in [-0.15, -0.1) is 0 Å². The quantitative estimate of drug-likeness (QED) is 0.824. The molecule has 5 heteroatoms. The molecule has 0 heterocycles. The molecule has 0 spiro atoms. The van der Waals surface area contributed by atoms with Crippen LogP contribution in [0.1, 0.15) is 36.0 Å². The average Bonchev–Trinajstić information content (AvgIpc) is 2.41. The van der Waals surface area contributed by atoms with Gasteiger partial charge in [-0.2, -0.15) is 0 Å². The summed E-state index contributed by atoms with van der Waals surface area (Å²) in [5, 5.41) is 3.23. The SMILES string of the molecule is COC(=O)c1ccc(F)cc1NC1CCC(N)CC1. The number of carbonyl (C=O) groups excluding carboxylic acids is 1. The van der Waals surface area contributed by atoms with Crippen molar-refractivity contribution in [1.82, 2.24) is 0 Å². The van der Waals surface area contributed by atoms with Gasteiger partial charge in [-0.25, -0.2) is 9.18 Å². The van der Waals surface area contributed by atoms with Crippen LogP contribution < -0.4 is 11.1 Å². The van der Waals surface area contributed by atoms with E-state index in [0.29, 0.717) is 11.3 Å². The van der Waals surface area contributed by atoms with E-state index in [9.17, 15) is 9.18 Å². The Labute approximate surface area is 112 Å². The minimum atomic E-state index is -0.463. The van der Waals surface area contributed by atoms with Crippen LogP contribution in [0.25, 0.3) is 0 Å². The highest BCUT2D eigenvalue weighted by Gasteiger charge is 2.21. The van der Waals surface area contributed by atoms with Crippen LogP contribution >= 0.6 is 0 Å². The number of nitrogens with two attached hydrogens (primary N) is 1. The zero-order valence-corrected chi connectivity index (χ0v) is 11.0. The summed E-state index contributed by atoms with van der Waals surface area (Å²) in [5.41, 5.74) is 6.71. The normalized spacial score (nSPS) is 22.9. The van der Waals surface area contributed by atoms with Crippen LogP contribution in [0.2, 0.25) is 0 Å². The summed E-state index contributed by atoms with van der Waals surface area (Å²) in [4.78, 5) is 11.6. The lowest BCUT2D eigenvalue weighted by atomic mass is 9.91. The first-order valence-electron chi connectivity index (χ1n) is 6.50. The van der Waals surface area contributed by atoms with Gasteiger partial charge >= 0.3 is 5.97 Å². The summed E-state index contributed by atoms with van der Waals surface area (Å²) in [5.74, 6) is -0.835. The van der Waals surface area contributed by atoms with E-state index in [-0.39, 0.29) is 17.9 Å². The molecule has 1 fully saturated rings. The highest BCUT2D eigenvalue weighted by Crippen LogP contribution is 2.24. The van der Waals surface area contributed by atoms with E-state index in [2.05, 4.69) is 5.32 Å². The van der Waals surface area contributed by atoms with Crippen molar-refractivity contribution >= 4 is 11.7 Å². The molecule has 19 heavy (non-hydrogen) atoms. The Morgan fingerprint density at radius 1 is 1.37 bits per heavy atom. The predicted molar refractivity (Wildman–Crippen MR) is 71.6 cm³/mol. The standard InChI is InChI=1S/C14H19FN2O2/c1-19-14(18)12-7-2-9(15)8-13(12)17-11-5-3-10(16)4-6-11/h2,7-8,10-11,17H,3-6,16H2,1H3. The predicted octanol–water partition coefficient (Wildman–Crippen LogP) is 2.29. The Bertz CT molecular complexity index is 457. The summed E-state index contributed by atoms with van der Waals surface area (Å²) in [7, 11) is 1.31. The van der Waals surface area contributed by atoms with Crippen molar-refractivity contribution in [3.8, 4) is 0 Å². The van der Waals surface area contributed by atoms with E-state index < -0.39 is 5.97 Å². The second kappa shape index (κ2) is 6.02. The minimum Gasteiger partial charge on any atom is -0.465 e. The number of carbonyl (C=O) groups is 1. The number of rotatable bonds is 3. The van der Waals surface area contributed by atoms with E-state index >= 15 is 0 Å². The lowest BCUT2D eigenvalue weighted by Crippen LogP contribution is -2.33. The lowest BCUT2D eigenvalue weighted by molar-refractivity contribution is 0.0601. The number of hydrogen-bond acceptors (Lipinski definition) is 4. The topological polar surface area (TPSA) is 64.3 Å².